The number of rotatable bonds is 7. The summed E-state index contributed by atoms with van der Waals surface area (Å²) in [5, 5.41) is 4.53. The zero-order chi connectivity index (χ0) is 13.7. The molecule has 3 heteroatoms. The predicted octanol–water partition coefficient (Wildman–Crippen LogP) is 5.43. The molecule has 1 N–H and O–H groups in total. The third-order valence-electron chi connectivity index (χ3n) is 3.55. The van der Waals surface area contributed by atoms with Gasteiger partial charge in [0.25, 0.3) is 0 Å². The molecule has 0 aliphatic heterocycles. The summed E-state index contributed by atoms with van der Waals surface area (Å²) in [5.74, 6) is 1.04. The molecule has 0 saturated heterocycles. The van der Waals surface area contributed by atoms with E-state index < -0.39 is 0 Å². The van der Waals surface area contributed by atoms with Crippen molar-refractivity contribution < 1.29 is 4.42 Å². The van der Waals surface area contributed by atoms with Gasteiger partial charge in [-0.2, -0.15) is 0 Å². The smallest absolute Gasteiger partial charge is 0.148 e. The Bertz CT molecular complexity index is 520. The van der Waals surface area contributed by atoms with Crippen LogP contribution in [0.5, 0.6) is 0 Å². The summed E-state index contributed by atoms with van der Waals surface area (Å²) >= 11 is 3.54. The molecule has 0 fully saturated rings. The van der Waals surface area contributed by atoms with E-state index in [9.17, 15) is 0 Å². The fourth-order valence-corrected chi connectivity index (χ4v) is 2.89. The van der Waals surface area contributed by atoms with Crippen LogP contribution in [0.25, 0.3) is 11.0 Å². The first-order valence-corrected chi connectivity index (χ1v) is 7.90. The summed E-state index contributed by atoms with van der Waals surface area (Å²) < 4.78 is 7.02. The monoisotopic (exact) mass is 323 g/mol. The first-order chi connectivity index (χ1) is 9.26. The van der Waals surface area contributed by atoms with Crippen molar-refractivity contribution in [3.8, 4) is 0 Å². The van der Waals surface area contributed by atoms with Crippen LogP contribution in [0.3, 0.4) is 0 Å². The molecule has 0 aliphatic carbocycles. The number of furan rings is 1. The van der Waals surface area contributed by atoms with Crippen LogP contribution in [0.1, 0.15) is 50.8 Å². The summed E-state index contributed by atoms with van der Waals surface area (Å²) in [4.78, 5) is 0. The Morgan fingerprint density at radius 3 is 2.79 bits per heavy atom. The second kappa shape index (κ2) is 7.11. The second-order valence-corrected chi connectivity index (χ2v) is 5.85. The SMILES string of the molecule is CCCCCCC(NC)c1cc2cccc(Br)c2o1. The van der Waals surface area contributed by atoms with Gasteiger partial charge in [0.05, 0.1) is 10.5 Å². The van der Waals surface area contributed by atoms with Gasteiger partial charge in [-0.25, -0.2) is 0 Å². The average Bonchev–Trinajstić information content (AvgIpc) is 2.84. The highest BCUT2D eigenvalue weighted by Crippen LogP contribution is 2.31. The maximum absolute atomic E-state index is 6.00. The lowest BCUT2D eigenvalue weighted by Gasteiger charge is -2.13. The molecule has 0 amide bonds. The minimum absolute atomic E-state index is 0.316. The second-order valence-electron chi connectivity index (χ2n) is 5.00. The molecule has 0 aliphatic rings. The highest BCUT2D eigenvalue weighted by molar-refractivity contribution is 9.10. The Balaban J connectivity index is 2.10. The van der Waals surface area contributed by atoms with E-state index in [0.717, 1.165) is 27.6 Å². The van der Waals surface area contributed by atoms with Crippen LogP contribution in [0.2, 0.25) is 0 Å². The summed E-state index contributed by atoms with van der Waals surface area (Å²) in [5.41, 5.74) is 0.950. The van der Waals surface area contributed by atoms with E-state index >= 15 is 0 Å². The average molecular weight is 324 g/mol. The standard InChI is InChI=1S/C16H22BrNO/c1-3-4-5-6-10-14(18-2)15-11-12-8-7-9-13(17)16(12)19-15/h7-9,11,14,18H,3-6,10H2,1-2H3. The Morgan fingerprint density at radius 2 is 2.11 bits per heavy atom. The van der Waals surface area contributed by atoms with Crippen molar-refractivity contribution in [3.05, 3.63) is 34.5 Å². The summed E-state index contributed by atoms with van der Waals surface area (Å²) in [7, 11) is 2.01. The van der Waals surface area contributed by atoms with Crippen LogP contribution in [-0.4, -0.2) is 7.05 Å². The zero-order valence-electron chi connectivity index (χ0n) is 11.7. The van der Waals surface area contributed by atoms with Crippen LogP contribution < -0.4 is 5.32 Å². The van der Waals surface area contributed by atoms with E-state index in [1.807, 2.05) is 19.2 Å². The van der Waals surface area contributed by atoms with E-state index in [0.29, 0.717) is 6.04 Å². The molecule has 1 aromatic heterocycles. The van der Waals surface area contributed by atoms with Crippen LogP contribution in [0, 0.1) is 0 Å². The number of halogens is 1. The molecule has 1 heterocycles. The molecule has 2 aromatic rings. The molecule has 0 radical (unpaired) electrons. The number of nitrogens with one attached hydrogen (secondary N) is 1. The normalized spacial score (nSPS) is 13.0. The highest BCUT2D eigenvalue weighted by Gasteiger charge is 2.15. The molecule has 1 atom stereocenters. The van der Waals surface area contributed by atoms with Crippen molar-refractivity contribution >= 4 is 26.9 Å². The van der Waals surface area contributed by atoms with Crippen molar-refractivity contribution in [2.45, 2.75) is 45.1 Å². The van der Waals surface area contributed by atoms with Gasteiger partial charge in [-0.1, -0.05) is 44.7 Å². The van der Waals surface area contributed by atoms with Crippen molar-refractivity contribution in [1.82, 2.24) is 5.32 Å². The third-order valence-corrected chi connectivity index (χ3v) is 4.18. The molecule has 2 nitrogen and oxygen atoms in total. The van der Waals surface area contributed by atoms with E-state index in [1.165, 1.54) is 25.7 Å². The fraction of sp³-hybridized carbons (Fsp3) is 0.500. The Labute approximate surface area is 123 Å². The molecule has 1 aromatic carbocycles. The van der Waals surface area contributed by atoms with Gasteiger partial charge >= 0.3 is 0 Å². The lowest BCUT2D eigenvalue weighted by Crippen LogP contribution is -2.15. The number of para-hydroxylation sites is 1. The van der Waals surface area contributed by atoms with Crippen LogP contribution in [0.15, 0.2) is 33.2 Å². The van der Waals surface area contributed by atoms with Gasteiger partial charge in [-0.15, -0.1) is 0 Å². The van der Waals surface area contributed by atoms with Gasteiger partial charge in [0.15, 0.2) is 0 Å². The van der Waals surface area contributed by atoms with Crippen LogP contribution >= 0.6 is 15.9 Å². The Morgan fingerprint density at radius 1 is 1.26 bits per heavy atom. The molecule has 104 valence electrons. The van der Waals surface area contributed by atoms with E-state index in [-0.39, 0.29) is 0 Å². The van der Waals surface area contributed by atoms with E-state index in [1.54, 1.807) is 0 Å². The highest BCUT2D eigenvalue weighted by atomic mass is 79.9. The molecular formula is C16H22BrNO. The predicted molar refractivity (Wildman–Crippen MR) is 84.5 cm³/mol. The van der Waals surface area contributed by atoms with Crippen molar-refractivity contribution in [2.24, 2.45) is 0 Å². The number of hydrogen-bond acceptors (Lipinski definition) is 2. The lowest BCUT2D eigenvalue weighted by atomic mass is 10.1. The van der Waals surface area contributed by atoms with Gasteiger partial charge in [-0.05, 0) is 41.5 Å². The molecule has 19 heavy (non-hydrogen) atoms. The number of fused-ring (bicyclic) bond motifs is 1. The Hall–Kier alpha value is -0.800. The van der Waals surface area contributed by atoms with Gasteiger partial charge in [-0.3, -0.25) is 0 Å². The topological polar surface area (TPSA) is 25.2 Å². The minimum atomic E-state index is 0.316. The molecule has 0 bridgehead atoms. The van der Waals surface area contributed by atoms with Gasteiger partial charge in [0, 0.05) is 5.39 Å². The summed E-state index contributed by atoms with van der Waals surface area (Å²) in [6, 6.07) is 8.63. The fourth-order valence-electron chi connectivity index (χ4n) is 2.42. The van der Waals surface area contributed by atoms with Crippen LogP contribution in [-0.2, 0) is 0 Å². The summed E-state index contributed by atoms with van der Waals surface area (Å²) in [6.45, 7) is 2.24. The maximum atomic E-state index is 6.00. The van der Waals surface area contributed by atoms with E-state index in [4.69, 9.17) is 4.42 Å². The summed E-state index contributed by atoms with van der Waals surface area (Å²) in [6.07, 6.45) is 6.29. The molecule has 0 spiro atoms. The molecular weight excluding hydrogens is 302 g/mol. The van der Waals surface area contributed by atoms with Crippen molar-refractivity contribution in [2.75, 3.05) is 7.05 Å². The maximum Gasteiger partial charge on any atom is 0.148 e. The van der Waals surface area contributed by atoms with E-state index in [2.05, 4.69) is 40.3 Å². The molecule has 2 rings (SSSR count). The van der Waals surface area contributed by atoms with Crippen molar-refractivity contribution in [3.63, 3.8) is 0 Å². The first-order valence-electron chi connectivity index (χ1n) is 7.11. The van der Waals surface area contributed by atoms with Gasteiger partial charge < -0.3 is 9.73 Å². The largest absolute Gasteiger partial charge is 0.458 e. The zero-order valence-corrected chi connectivity index (χ0v) is 13.3. The number of unbranched alkanes of at least 4 members (excludes halogenated alkanes) is 3. The van der Waals surface area contributed by atoms with Crippen LogP contribution in [0.4, 0.5) is 0 Å². The third kappa shape index (κ3) is 3.61. The lowest BCUT2D eigenvalue weighted by molar-refractivity contribution is 0.417. The van der Waals surface area contributed by atoms with Gasteiger partial charge in [0.2, 0.25) is 0 Å². The molecule has 1 unspecified atom stereocenters. The number of hydrogen-bond donors (Lipinski definition) is 1. The quantitative estimate of drug-likeness (QED) is 0.687. The number of benzene rings is 1. The van der Waals surface area contributed by atoms with Gasteiger partial charge in [0.1, 0.15) is 11.3 Å². The minimum Gasteiger partial charge on any atom is -0.458 e. The van der Waals surface area contributed by atoms with Crippen molar-refractivity contribution in [1.29, 1.82) is 0 Å². The Kier molecular flexibility index (Phi) is 5.46. The first kappa shape index (κ1) is 14.6. The molecule has 0 saturated carbocycles.